The number of esters is 1. The maximum atomic E-state index is 12.7. The summed E-state index contributed by atoms with van der Waals surface area (Å²) in [6.07, 6.45) is -4.85. The van der Waals surface area contributed by atoms with Gasteiger partial charge in [-0.05, 0) is 25.1 Å². The predicted molar refractivity (Wildman–Crippen MR) is 70.2 cm³/mol. The van der Waals surface area contributed by atoms with Crippen LogP contribution in [0.1, 0.15) is 22.8 Å². The van der Waals surface area contributed by atoms with Crippen LogP contribution in [0.25, 0.3) is 0 Å². The van der Waals surface area contributed by atoms with Gasteiger partial charge in [0.1, 0.15) is 6.04 Å². The van der Waals surface area contributed by atoms with Gasteiger partial charge in [0, 0.05) is 0 Å². The molecule has 128 valence electrons. The molecule has 1 atom stereocenters. The number of carbonyl (C=O) groups is 2. The average Bonchev–Trinajstić information content (AvgIpc) is 2.44. The van der Waals surface area contributed by atoms with Gasteiger partial charge < -0.3 is 9.84 Å². The summed E-state index contributed by atoms with van der Waals surface area (Å²) in [5.41, 5.74) is -1.96. The van der Waals surface area contributed by atoms with Crippen molar-refractivity contribution in [3.05, 3.63) is 29.3 Å². The smallest absolute Gasteiger partial charge is 0.416 e. The number of hydrogen-bond donors (Lipinski definition) is 2. The molecule has 0 radical (unpaired) electrons. The molecule has 0 heterocycles. The number of aliphatic carboxylic acids is 1. The number of rotatable bonds is 5. The van der Waals surface area contributed by atoms with Crippen LogP contribution in [0.4, 0.5) is 13.2 Å². The first-order chi connectivity index (χ1) is 10.4. The summed E-state index contributed by atoms with van der Waals surface area (Å²) in [5.74, 6) is -2.72. The average molecular weight is 355 g/mol. The summed E-state index contributed by atoms with van der Waals surface area (Å²) in [6.45, 7) is 0.977. The van der Waals surface area contributed by atoms with Crippen LogP contribution in [0.3, 0.4) is 0 Å². The van der Waals surface area contributed by atoms with E-state index in [9.17, 15) is 31.2 Å². The molecule has 0 aliphatic carbocycles. The Morgan fingerprint density at radius 3 is 2.30 bits per heavy atom. The second kappa shape index (κ2) is 6.54. The van der Waals surface area contributed by atoms with E-state index in [1.807, 2.05) is 0 Å². The lowest BCUT2D eigenvalue weighted by Gasteiger charge is -2.15. The SMILES string of the molecule is COC(=O)c1ccc(C(F)(F)F)cc1S(=O)(=O)N[C@H](C)C(=O)O. The van der Waals surface area contributed by atoms with Crippen molar-refractivity contribution in [1.82, 2.24) is 4.72 Å². The number of sulfonamides is 1. The maximum absolute atomic E-state index is 12.7. The molecule has 0 saturated heterocycles. The van der Waals surface area contributed by atoms with Crippen molar-refractivity contribution >= 4 is 22.0 Å². The fourth-order valence-corrected chi connectivity index (χ4v) is 2.96. The third-order valence-corrected chi connectivity index (χ3v) is 4.29. The summed E-state index contributed by atoms with van der Waals surface area (Å²) in [4.78, 5) is 21.2. The van der Waals surface area contributed by atoms with E-state index in [2.05, 4.69) is 4.74 Å². The van der Waals surface area contributed by atoms with Crippen molar-refractivity contribution < 1.29 is 41.0 Å². The number of hydrogen-bond acceptors (Lipinski definition) is 5. The summed E-state index contributed by atoms with van der Waals surface area (Å²) < 4.78 is 68.4. The van der Waals surface area contributed by atoms with Crippen LogP contribution < -0.4 is 4.72 Å². The Morgan fingerprint density at radius 1 is 1.30 bits per heavy atom. The van der Waals surface area contributed by atoms with Gasteiger partial charge in [0.25, 0.3) is 0 Å². The van der Waals surface area contributed by atoms with E-state index in [0.29, 0.717) is 12.1 Å². The van der Waals surface area contributed by atoms with E-state index in [-0.39, 0.29) is 6.07 Å². The molecule has 7 nitrogen and oxygen atoms in total. The Balaban J connectivity index is 3.51. The quantitative estimate of drug-likeness (QED) is 0.769. The molecule has 0 unspecified atom stereocenters. The van der Waals surface area contributed by atoms with Gasteiger partial charge in [-0.2, -0.15) is 17.9 Å². The molecule has 0 aliphatic heterocycles. The molecule has 0 bridgehead atoms. The first-order valence-corrected chi connectivity index (χ1v) is 7.43. The Kier molecular flexibility index (Phi) is 5.38. The number of carbonyl (C=O) groups excluding carboxylic acids is 1. The number of nitrogens with one attached hydrogen (secondary N) is 1. The highest BCUT2D eigenvalue weighted by atomic mass is 32.2. The summed E-state index contributed by atoms with van der Waals surface area (Å²) >= 11 is 0. The highest BCUT2D eigenvalue weighted by molar-refractivity contribution is 7.89. The number of halogens is 3. The Bertz CT molecular complexity index is 729. The molecule has 11 heteroatoms. The van der Waals surface area contributed by atoms with Crippen molar-refractivity contribution in [3.8, 4) is 0 Å². The van der Waals surface area contributed by atoms with E-state index < -0.39 is 50.2 Å². The van der Waals surface area contributed by atoms with Crippen LogP contribution in [0.5, 0.6) is 0 Å². The highest BCUT2D eigenvalue weighted by Gasteiger charge is 2.34. The lowest BCUT2D eigenvalue weighted by atomic mass is 10.1. The molecule has 0 aliphatic rings. The molecule has 0 aromatic heterocycles. The minimum Gasteiger partial charge on any atom is -0.480 e. The number of carboxylic acid groups (broad SMARTS) is 1. The lowest BCUT2D eigenvalue weighted by Crippen LogP contribution is -2.39. The number of ether oxygens (including phenoxy) is 1. The standard InChI is InChI=1S/C12H12F3NO6S/c1-6(10(17)18)16-23(20,21)9-5-7(12(13,14)15)3-4-8(9)11(19)22-2/h3-6,16H,1-2H3,(H,17,18)/t6-/m1/s1. The van der Waals surface area contributed by atoms with Gasteiger partial charge >= 0.3 is 18.1 Å². The van der Waals surface area contributed by atoms with Gasteiger partial charge in [-0.1, -0.05) is 0 Å². The first-order valence-electron chi connectivity index (χ1n) is 5.95. The molecule has 1 rings (SSSR count). The van der Waals surface area contributed by atoms with Crippen molar-refractivity contribution in [1.29, 1.82) is 0 Å². The largest absolute Gasteiger partial charge is 0.480 e. The zero-order valence-electron chi connectivity index (χ0n) is 11.8. The number of benzene rings is 1. The maximum Gasteiger partial charge on any atom is 0.416 e. The minimum atomic E-state index is -4.85. The molecule has 2 N–H and O–H groups in total. The predicted octanol–water partition coefficient (Wildman–Crippen LogP) is 1.24. The Labute approximate surface area is 129 Å². The van der Waals surface area contributed by atoms with Crippen molar-refractivity contribution in [2.45, 2.75) is 24.0 Å². The lowest BCUT2D eigenvalue weighted by molar-refractivity contribution is -0.139. The summed E-state index contributed by atoms with van der Waals surface area (Å²) in [7, 11) is -3.78. The van der Waals surface area contributed by atoms with E-state index in [4.69, 9.17) is 5.11 Å². The van der Waals surface area contributed by atoms with Gasteiger partial charge in [0.2, 0.25) is 10.0 Å². The van der Waals surface area contributed by atoms with Crippen LogP contribution in [-0.4, -0.2) is 38.6 Å². The second-order valence-corrected chi connectivity index (χ2v) is 6.06. The first kappa shape index (κ1) is 18.9. The topological polar surface area (TPSA) is 110 Å². The molecular weight excluding hydrogens is 343 g/mol. The molecule has 0 fully saturated rings. The molecule has 1 aromatic carbocycles. The monoisotopic (exact) mass is 355 g/mol. The van der Waals surface area contributed by atoms with Crippen LogP contribution >= 0.6 is 0 Å². The molecule has 0 spiro atoms. The van der Waals surface area contributed by atoms with Crippen LogP contribution in [0.15, 0.2) is 23.1 Å². The van der Waals surface area contributed by atoms with Gasteiger partial charge in [-0.25, -0.2) is 13.2 Å². The summed E-state index contributed by atoms with van der Waals surface area (Å²) in [6, 6.07) is -0.205. The minimum absolute atomic E-state index is 0.239. The molecule has 0 amide bonds. The van der Waals surface area contributed by atoms with Gasteiger partial charge in [0.15, 0.2) is 0 Å². The van der Waals surface area contributed by atoms with Gasteiger partial charge in [-0.15, -0.1) is 0 Å². The van der Waals surface area contributed by atoms with Crippen LogP contribution in [0.2, 0.25) is 0 Å². The Hall–Kier alpha value is -2.14. The van der Waals surface area contributed by atoms with E-state index in [1.165, 1.54) is 0 Å². The normalized spacial score (nSPS) is 13.4. The van der Waals surface area contributed by atoms with Gasteiger partial charge in [0.05, 0.1) is 23.1 Å². The molecule has 0 saturated carbocycles. The van der Waals surface area contributed by atoms with Crippen molar-refractivity contribution in [2.75, 3.05) is 7.11 Å². The van der Waals surface area contributed by atoms with E-state index in [1.54, 1.807) is 4.72 Å². The van der Waals surface area contributed by atoms with Crippen molar-refractivity contribution in [3.63, 3.8) is 0 Å². The van der Waals surface area contributed by atoms with Gasteiger partial charge in [-0.3, -0.25) is 4.79 Å². The zero-order valence-corrected chi connectivity index (χ0v) is 12.7. The van der Waals surface area contributed by atoms with Crippen LogP contribution in [0, 0.1) is 0 Å². The summed E-state index contributed by atoms with van der Waals surface area (Å²) in [5, 5.41) is 8.70. The second-order valence-electron chi connectivity index (χ2n) is 4.38. The van der Waals surface area contributed by atoms with E-state index in [0.717, 1.165) is 14.0 Å². The molecule has 1 aromatic rings. The van der Waals surface area contributed by atoms with Crippen molar-refractivity contribution in [2.24, 2.45) is 0 Å². The zero-order chi connectivity index (χ0) is 18.0. The highest BCUT2D eigenvalue weighted by Crippen LogP contribution is 2.32. The van der Waals surface area contributed by atoms with E-state index >= 15 is 0 Å². The number of carboxylic acids is 1. The fourth-order valence-electron chi connectivity index (χ4n) is 1.55. The van der Waals surface area contributed by atoms with Crippen LogP contribution in [-0.2, 0) is 25.7 Å². The third-order valence-electron chi connectivity index (χ3n) is 2.71. The fraction of sp³-hybridized carbons (Fsp3) is 0.333. The number of methoxy groups -OCH3 is 1. The third kappa shape index (κ3) is 4.42. The molecule has 23 heavy (non-hydrogen) atoms. The number of alkyl halides is 3. The Morgan fingerprint density at radius 2 is 1.87 bits per heavy atom. The molecular formula is C12H12F3NO6S.